The third-order valence-electron chi connectivity index (χ3n) is 3.59. The summed E-state index contributed by atoms with van der Waals surface area (Å²) in [4.78, 5) is 21.8. The molecule has 2 aromatic rings. The fraction of sp³-hybridized carbons (Fsp3) is 0.294. The monoisotopic (exact) mass is 286 g/mol. The van der Waals surface area contributed by atoms with Crippen LogP contribution in [0.5, 0.6) is 5.75 Å². The van der Waals surface area contributed by atoms with E-state index in [0.29, 0.717) is 19.3 Å². The Kier molecular flexibility index (Phi) is 4.93. The van der Waals surface area contributed by atoms with Gasteiger partial charge in [-0.3, -0.25) is 4.79 Å². The van der Waals surface area contributed by atoms with Crippen molar-refractivity contribution in [2.24, 2.45) is 0 Å². The molecule has 1 N–H and O–H groups in total. The van der Waals surface area contributed by atoms with Crippen molar-refractivity contribution in [3.05, 3.63) is 42.0 Å². The highest BCUT2D eigenvalue weighted by molar-refractivity contribution is 5.86. The Morgan fingerprint density at radius 3 is 2.62 bits per heavy atom. The Morgan fingerprint density at radius 2 is 1.95 bits per heavy atom. The number of fused-ring (bicyclic) bond motifs is 1. The fourth-order valence-corrected chi connectivity index (χ4v) is 2.42. The van der Waals surface area contributed by atoms with E-state index in [0.717, 1.165) is 28.4 Å². The first-order valence-corrected chi connectivity index (χ1v) is 6.90. The molecule has 4 nitrogen and oxygen atoms in total. The standard InChI is InChI=1S/C17H18O4/c1-21-15-8-7-12-10-14(6-5-13(12)11-15)16(17(19)20)4-2-3-9-18/h5-11,16H,2-4H2,1H3,(H,19,20). The summed E-state index contributed by atoms with van der Waals surface area (Å²) in [5, 5.41) is 11.4. The van der Waals surface area contributed by atoms with Crippen molar-refractivity contribution in [1.29, 1.82) is 0 Å². The van der Waals surface area contributed by atoms with Crippen LogP contribution in [0, 0.1) is 0 Å². The summed E-state index contributed by atoms with van der Waals surface area (Å²) >= 11 is 0. The number of ether oxygens (including phenoxy) is 1. The van der Waals surface area contributed by atoms with Crippen molar-refractivity contribution >= 4 is 23.0 Å². The third kappa shape index (κ3) is 3.60. The second-order valence-electron chi connectivity index (χ2n) is 4.96. The van der Waals surface area contributed by atoms with Crippen LogP contribution < -0.4 is 4.74 Å². The number of benzene rings is 2. The molecule has 1 unspecified atom stereocenters. The molecule has 0 aliphatic rings. The van der Waals surface area contributed by atoms with Crippen molar-refractivity contribution in [2.75, 3.05) is 7.11 Å². The molecule has 4 heteroatoms. The predicted molar refractivity (Wildman–Crippen MR) is 80.8 cm³/mol. The number of rotatable bonds is 7. The molecule has 0 radical (unpaired) electrons. The second kappa shape index (κ2) is 6.88. The van der Waals surface area contributed by atoms with Gasteiger partial charge in [-0.25, -0.2) is 0 Å². The average Bonchev–Trinajstić information content (AvgIpc) is 2.50. The van der Waals surface area contributed by atoms with Gasteiger partial charge in [-0.2, -0.15) is 0 Å². The SMILES string of the molecule is COc1ccc2cc(C(CCCC=O)C(=O)O)ccc2c1. The second-order valence-corrected chi connectivity index (χ2v) is 4.96. The lowest BCUT2D eigenvalue weighted by Gasteiger charge is -2.13. The highest BCUT2D eigenvalue weighted by Gasteiger charge is 2.19. The summed E-state index contributed by atoms with van der Waals surface area (Å²) in [6.45, 7) is 0. The molecule has 0 saturated heterocycles. The van der Waals surface area contributed by atoms with Gasteiger partial charge in [0.2, 0.25) is 0 Å². The van der Waals surface area contributed by atoms with Crippen molar-refractivity contribution in [1.82, 2.24) is 0 Å². The van der Waals surface area contributed by atoms with Crippen LogP contribution in [0.15, 0.2) is 36.4 Å². The van der Waals surface area contributed by atoms with Gasteiger partial charge in [-0.1, -0.05) is 24.3 Å². The van der Waals surface area contributed by atoms with Crippen LogP contribution in [0.25, 0.3) is 10.8 Å². The van der Waals surface area contributed by atoms with Gasteiger partial charge in [0.1, 0.15) is 12.0 Å². The number of carbonyl (C=O) groups excluding carboxylic acids is 1. The van der Waals surface area contributed by atoms with E-state index in [-0.39, 0.29) is 0 Å². The van der Waals surface area contributed by atoms with E-state index in [1.165, 1.54) is 0 Å². The number of aliphatic carboxylic acids is 1. The minimum Gasteiger partial charge on any atom is -0.497 e. The normalized spacial score (nSPS) is 12.0. The van der Waals surface area contributed by atoms with E-state index in [9.17, 15) is 14.7 Å². The highest BCUT2D eigenvalue weighted by Crippen LogP contribution is 2.28. The fourth-order valence-electron chi connectivity index (χ4n) is 2.42. The van der Waals surface area contributed by atoms with Gasteiger partial charge in [0.15, 0.2) is 0 Å². The number of carboxylic acid groups (broad SMARTS) is 1. The number of aldehydes is 1. The largest absolute Gasteiger partial charge is 0.497 e. The first-order valence-electron chi connectivity index (χ1n) is 6.90. The quantitative estimate of drug-likeness (QED) is 0.626. The van der Waals surface area contributed by atoms with Gasteiger partial charge in [0.25, 0.3) is 0 Å². The van der Waals surface area contributed by atoms with Gasteiger partial charge in [-0.05, 0) is 41.3 Å². The minimum atomic E-state index is -0.853. The van der Waals surface area contributed by atoms with Crippen molar-refractivity contribution in [2.45, 2.75) is 25.2 Å². The molecule has 2 rings (SSSR count). The highest BCUT2D eigenvalue weighted by atomic mass is 16.5. The number of unbranched alkanes of at least 4 members (excludes halogenated alkanes) is 1. The van der Waals surface area contributed by atoms with E-state index in [1.807, 2.05) is 36.4 Å². The maximum atomic E-state index is 11.4. The lowest BCUT2D eigenvalue weighted by Crippen LogP contribution is -2.11. The zero-order chi connectivity index (χ0) is 15.2. The molecule has 2 aromatic carbocycles. The lowest BCUT2D eigenvalue weighted by atomic mass is 9.92. The Balaban J connectivity index is 2.30. The molecular weight excluding hydrogens is 268 g/mol. The molecule has 0 heterocycles. The van der Waals surface area contributed by atoms with E-state index in [4.69, 9.17) is 4.74 Å². The summed E-state index contributed by atoms with van der Waals surface area (Å²) in [6.07, 6.45) is 2.27. The first-order chi connectivity index (χ1) is 10.2. The van der Waals surface area contributed by atoms with Crippen LogP contribution in [0.3, 0.4) is 0 Å². The van der Waals surface area contributed by atoms with Crippen LogP contribution in [0.1, 0.15) is 30.7 Å². The molecule has 0 aromatic heterocycles. The predicted octanol–water partition coefficient (Wildman–Crippen LogP) is 3.39. The summed E-state index contributed by atoms with van der Waals surface area (Å²) in [5.41, 5.74) is 0.770. The van der Waals surface area contributed by atoms with Crippen molar-refractivity contribution in [3.8, 4) is 5.75 Å². The number of carboxylic acids is 1. The van der Waals surface area contributed by atoms with Gasteiger partial charge < -0.3 is 14.6 Å². The number of carbonyl (C=O) groups is 2. The van der Waals surface area contributed by atoms with Crippen LogP contribution in [0.2, 0.25) is 0 Å². The van der Waals surface area contributed by atoms with Crippen LogP contribution >= 0.6 is 0 Å². The molecule has 1 atom stereocenters. The maximum absolute atomic E-state index is 11.4. The molecule has 21 heavy (non-hydrogen) atoms. The molecule has 110 valence electrons. The summed E-state index contributed by atoms with van der Waals surface area (Å²) in [6, 6.07) is 11.3. The van der Waals surface area contributed by atoms with E-state index in [2.05, 4.69) is 0 Å². The minimum absolute atomic E-state index is 0.397. The third-order valence-corrected chi connectivity index (χ3v) is 3.59. The molecule has 0 spiro atoms. The van der Waals surface area contributed by atoms with Crippen molar-refractivity contribution < 1.29 is 19.4 Å². The Bertz CT molecular complexity index is 648. The Hall–Kier alpha value is -2.36. The van der Waals surface area contributed by atoms with Crippen LogP contribution in [-0.4, -0.2) is 24.5 Å². The zero-order valence-electron chi connectivity index (χ0n) is 11.9. The lowest BCUT2D eigenvalue weighted by molar-refractivity contribution is -0.139. The Morgan fingerprint density at radius 1 is 1.24 bits per heavy atom. The number of methoxy groups -OCH3 is 1. The Labute approximate surface area is 123 Å². The number of hydrogen-bond acceptors (Lipinski definition) is 3. The molecule has 0 aliphatic heterocycles. The van der Waals surface area contributed by atoms with Crippen LogP contribution in [-0.2, 0) is 9.59 Å². The summed E-state index contributed by atoms with van der Waals surface area (Å²) in [7, 11) is 1.61. The van der Waals surface area contributed by atoms with Gasteiger partial charge in [0.05, 0.1) is 13.0 Å². The molecular formula is C17H18O4. The van der Waals surface area contributed by atoms with Crippen molar-refractivity contribution in [3.63, 3.8) is 0 Å². The topological polar surface area (TPSA) is 63.6 Å². The smallest absolute Gasteiger partial charge is 0.310 e. The van der Waals surface area contributed by atoms with E-state index < -0.39 is 11.9 Å². The zero-order valence-corrected chi connectivity index (χ0v) is 11.9. The van der Waals surface area contributed by atoms with Gasteiger partial charge in [-0.15, -0.1) is 0 Å². The van der Waals surface area contributed by atoms with Gasteiger partial charge in [0, 0.05) is 6.42 Å². The van der Waals surface area contributed by atoms with E-state index in [1.54, 1.807) is 7.11 Å². The average molecular weight is 286 g/mol. The van der Waals surface area contributed by atoms with E-state index >= 15 is 0 Å². The molecule has 0 fully saturated rings. The summed E-state index contributed by atoms with van der Waals surface area (Å²) in [5.74, 6) is -0.652. The molecule has 0 aliphatic carbocycles. The maximum Gasteiger partial charge on any atom is 0.310 e. The molecule has 0 saturated carbocycles. The first kappa shape index (κ1) is 15.0. The molecule has 0 amide bonds. The summed E-state index contributed by atoms with van der Waals surface area (Å²) < 4.78 is 5.18. The van der Waals surface area contributed by atoms with Crippen LogP contribution in [0.4, 0.5) is 0 Å². The number of hydrogen-bond donors (Lipinski definition) is 1. The molecule has 0 bridgehead atoms. The van der Waals surface area contributed by atoms with Gasteiger partial charge >= 0.3 is 5.97 Å².